The summed E-state index contributed by atoms with van der Waals surface area (Å²) in [4.78, 5) is 0. The van der Waals surface area contributed by atoms with Crippen LogP contribution in [0.15, 0.2) is 0 Å². The molecule has 0 aliphatic carbocycles. The highest BCUT2D eigenvalue weighted by Crippen LogP contribution is 2.21. The fraction of sp³-hybridized carbons (Fsp3) is 1.00. The summed E-state index contributed by atoms with van der Waals surface area (Å²) in [6.07, 6.45) is 10.7. The molecule has 1 rings (SSSR count). The third-order valence-electron chi connectivity index (χ3n) is 3.81. The van der Waals surface area contributed by atoms with Gasteiger partial charge in [-0.15, -0.1) is 0 Å². The van der Waals surface area contributed by atoms with Gasteiger partial charge >= 0.3 is 0 Å². The molecule has 0 radical (unpaired) electrons. The molecule has 1 saturated heterocycles. The van der Waals surface area contributed by atoms with Crippen molar-refractivity contribution in [1.82, 2.24) is 5.32 Å². The van der Waals surface area contributed by atoms with Crippen molar-refractivity contribution in [2.75, 3.05) is 19.8 Å². The zero-order valence-corrected chi connectivity index (χ0v) is 11.8. The largest absolute Gasteiger partial charge is 0.381 e. The van der Waals surface area contributed by atoms with Crippen LogP contribution in [-0.2, 0) is 4.74 Å². The van der Waals surface area contributed by atoms with Crippen LogP contribution < -0.4 is 5.32 Å². The van der Waals surface area contributed by atoms with E-state index in [9.17, 15) is 0 Å². The fourth-order valence-electron chi connectivity index (χ4n) is 2.69. The van der Waals surface area contributed by atoms with Gasteiger partial charge in [0.1, 0.15) is 0 Å². The number of unbranched alkanes of at least 4 members (excludes halogenated alkanes) is 4. The quantitative estimate of drug-likeness (QED) is 0.621. The standard InChI is InChI=1S/C15H31NO/c1-3-5-6-7-8-9-14-13-17-12-10-15(14)16-11-4-2/h14-16H,3-13H2,1-2H3. The number of ether oxygens (including phenoxy) is 1. The Balaban J connectivity index is 2.13. The van der Waals surface area contributed by atoms with Crippen LogP contribution in [0.25, 0.3) is 0 Å². The van der Waals surface area contributed by atoms with Gasteiger partial charge in [0, 0.05) is 12.6 Å². The van der Waals surface area contributed by atoms with Crippen LogP contribution in [0.3, 0.4) is 0 Å². The van der Waals surface area contributed by atoms with Gasteiger partial charge in [0.25, 0.3) is 0 Å². The van der Waals surface area contributed by atoms with E-state index in [2.05, 4.69) is 19.2 Å². The average molecular weight is 241 g/mol. The van der Waals surface area contributed by atoms with Gasteiger partial charge in [0.05, 0.1) is 6.61 Å². The Labute approximate surface area is 108 Å². The van der Waals surface area contributed by atoms with Crippen molar-refractivity contribution in [1.29, 1.82) is 0 Å². The first-order valence-corrected chi connectivity index (χ1v) is 7.69. The Hall–Kier alpha value is -0.0800. The van der Waals surface area contributed by atoms with E-state index in [0.717, 1.165) is 31.7 Å². The molecule has 0 aromatic rings. The molecule has 0 aromatic heterocycles. The van der Waals surface area contributed by atoms with E-state index in [-0.39, 0.29) is 0 Å². The predicted molar refractivity (Wildman–Crippen MR) is 74.4 cm³/mol. The molecule has 0 amide bonds. The molecule has 1 aliphatic heterocycles. The number of hydrogen-bond acceptors (Lipinski definition) is 2. The van der Waals surface area contributed by atoms with Crippen molar-refractivity contribution in [3.8, 4) is 0 Å². The lowest BCUT2D eigenvalue weighted by atomic mass is 9.90. The summed E-state index contributed by atoms with van der Waals surface area (Å²) in [5.74, 6) is 0.761. The Morgan fingerprint density at radius 3 is 2.65 bits per heavy atom. The molecule has 2 heteroatoms. The maximum absolute atomic E-state index is 5.63. The second kappa shape index (κ2) is 9.90. The van der Waals surface area contributed by atoms with Crippen molar-refractivity contribution in [2.24, 2.45) is 5.92 Å². The number of hydrogen-bond donors (Lipinski definition) is 1. The molecule has 2 nitrogen and oxygen atoms in total. The van der Waals surface area contributed by atoms with E-state index < -0.39 is 0 Å². The van der Waals surface area contributed by atoms with Crippen LogP contribution in [-0.4, -0.2) is 25.8 Å². The summed E-state index contributed by atoms with van der Waals surface area (Å²) in [7, 11) is 0. The third kappa shape index (κ3) is 6.42. The minimum Gasteiger partial charge on any atom is -0.381 e. The summed E-state index contributed by atoms with van der Waals surface area (Å²) in [6, 6.07) is 0.717. The van der Waals surface area contributed by atoms with E-state index in [0.29, 0.717) is 0 Å². The van der Waals surface area contributed by atoms with Crippen molar-refractivity contribution in [2.45, 2.75) is 71.3 Å². The van der Waals surface area contributed by atoms with Gasteiger partial charge < -0.3 is 10.1 Å². The molecule has 1 heterocycles. The van der Waals surface area contributed by atoms with E-state index in [4.69, 9.17) is 4.74 Å². The highest BCUT2D eigenvalue weighted by molar-refractivity contribution is 4.79. The second-order valence-corrected chi connectivity index (χ2v) is 5.39. The molecule has 0 aromatic carbocycles. The fourth-order valence-corrected chi connectivity index (χ4v) is 2.69. The molecular weight excluding hydrogens is 210 g/mol. The van der Waals surface area contributed by atoms with Gasteiger partial charge in [0.15, 0.2) is 0 Å². The zero-order chi connectivity index (χ0) is 12.3. The van der Waals surface area contributed by atoms with Crippen LogP contribution in [0, 0.1) is 5.92 Å². The smallest absolute Gasteiger partial charge is 0.0509 e. The molecule has 1 N–H and O–H groups in total. The minimum absolute atomic E-state index is 0.717. The van der Waals surface area contributed by atoms with E-state index >= 15 is 0 Å². The maximum atomic E-state index is 5.63. The van der Waals surface area contributed by atoms with Gasteiger partial charge in [-0.3, -0.25) is 0 Å². The molecule has 0 bridgehead atoms. The number of rotatable bonds is 9. The van der Waals surface area contributed by atoms with Gasteiger partial charge in [0.2, 0.25) is 0 Å². The van der Waals surface area contributed by atoms with Crippen molar-refractivity contribution < 1.29 is 4.74 Å². The predicted octanol–water partition coefficient (Wildman–Crippen LogP) is 3.75. The first kappa shape index (κ1) is 15.0. The molecule has 0 spiro atoms. The zero-order valence-electron chi connectivity index (χ0n) is 11.8. The summed E-state index contributed by atoms with van der Waals surface area (Å²) < 4.78 is 5.63. The molecule has 102 valence electrons. The lowest BCUT2D eigenvalue weighted by molar-refractivity contribution is 0.0278. The van der Waals surface area contributed by atoms with Gasteiger partial charge in [-0.2, -0.15) is 0 Å². The SMILES string of the molecule is CCCCCCCC1COCCC1NCCC. The highest BCUT2D eigenvalue weighted by atomic mass is 16.5. The Morgan fingerprint density at radius 2 is 1.88 bits per heavy atom. The van der Waals surface area contributed by atoms with E-state index in [1.165, 1.54) is 51.4 Å². The minimum atomic E-state index is 0.717. The van der Waals surface area contributed by atoms with Crippen LogP contribution in [0.4, 0.5) is 0 Å². The molecule has 17 heavy (non-hydrogen) atoms. The van der Waals surface area contributed by atoms with Crippen molar-refractivity contribution in [3.05, 3.63) is 0 Å². The monoisotopic (exact) mass is 241 g/mol. The summed E-state index contributed by atoms with van der Waals surface area (Å²) in [6.45, 7) is 7.62. The highest BCUT2D eigenvalue weighted by Gasteiger charge is 2.24. The molecule has 1 fully saturated rings. The van der Waals surface area contributed by atoms with Crippen LogP contribution in [0.1, 0.15) is 65.2 Å². The van der Waals surface area contributed by atoms with Gasteiger partial charge in [-0.05, 0) is 31.7 Å². The molecule has 1 aliphatic rings. The summed E-state index contributed by atoms with van der Waals surface area (Å²) in [5.41, 5.74) is 0. The van der Waals surface area contributed by atoms with Crippen molar-refractivity contribution in [3.63, 3.8) is 0 Å². The molecule has 0 saturated carbocycles. The average Bonchev–Trinajstić information content (AvgIpc) is 2.37. The van der Waals surface area contributed by atoms with Gasteiger partial charge in [-0.1, -0.05) is 46.0 Å². The molecular formula is C15H31NO. The van der Waals surface area contributed by atoms with E-state index in [1.54, 1.807) is 0 Å². The summed E-state index contributed by atoms with van der Waals surface area (Å²) >= 11 is 0. The van der Waals surface area contributed by atoms with Crippen LogP contribution >= 0.6 is 0 Å². The topological polar surface area (TPSA) is 21.3 Å². The van der Waals surface area contributed by atoms with Crippen LogP contribution in [0.5, 0.6) is 0 Å². The number of nitrogens with one attached hydrogen (secondary N) is 1. The van der Waals surface area contributed by atoms with E-state index in [1.807, 2.05) is 0 Å². The lowest BCUT2D eigenvalue weighted by Gasteiger charge is -2.32. The van der Waals surface area contributed by atoms with Gasteiger partial charge in [-0.25, -0.2) is 0 Å². The van der Waals surface area contributed by atoms with Crippen molar-refractivity contribution >= 4 is 0 Å². The Kier molecular flexibility index (Phi) is 8.72. The normalized spacial score (nSPS) is 25.1. The Bertz CT molecular complexity index is 172. The first-order chi connectivity index (χ1) is 8.38. The Morgan fingerprint density at radius 1 is 1.06 bits per heavy atom. The molecule has 2 atom stereocenters. The lowest BCUT2D eigenvalue weighted by Crippen LogP contribution is -2.43. The summed E-state index contributed by atoms with van der Waals surface area (Å²) in [5, 5.41) is 3.69. The molecule has 2 unspecified atom stereocenters. The first-order valence-electron chi connectivity index (χ1n) is 7.69. The van der Waals surface area contributed by atoms with Crippen LogP contribution in [0.2, 0.25) is 0 Å². The third-order valence-corrected chi connectivity index (χ3v) is 3.81. The maximum Gasteiger partial charge on any atom is 0.0509 e. The second-order valence-electron chi connectivity index (χ2n) is 5.39.